The summed E-state index contributed by atoms with van der Waals surface area (Å²) < 4.78 is 5.67. The molecule has 32 heavy (non-hydrogen) atoms. The average molecular weight is 449 g/mol. The van der Waals surface area contributed by atoms with Gasteiger partial charge in [-0.2, -0.15) is 0 Å². The van der Waals surface area contributed by atoms with Crippen LogP contribution >= 0.6 is 11.8 Å². The first-order chi connectivity index (χ1) is 15.4. The van der Waals surface area contributed by atoms with Gasteiger partial charge in [-0.3, -0.25) is 29.4 Å². The third-order valence-electron chi connectivity index (χ3n) is 4.47. The number of nitro groups is 1. The second-order valence-corrected chi connectivity index (χ2v) is 7.68. The van der Waals surface area contributed by atoms with Gasteiger partial charge in [-0.05, 0) is 36.0 Å². The fraction of sp³-hybridized carbons (Fsp3) is 0.0455. The molecule has 10 heteroatoms. The predicted octanol–water partition coefficient (Wildman–Crippen LogP) is 4.53. The van der Waals surface area contributed by atoms with E-state index in [0.29, 0.717) is 34.5 Å². The molecule has 2 aromatic carbocycles. The summed E-state index contributed by atoms with van der Waals surface area (Å²) in [6, 6.07) is 17.9. The van der Waals surface area contributed by atoms with E-state index in [-0.39, 0.29) is 10.6 Å². The van der Waals surface area contributed by atoms with E-state index in [9.17, 15) is 24.5 Å². The van der Waals surface area contributed by atoms with Crippen molar-refractivity contribution in [1.82, 2.24) is 4.90 Å². The summed E-state index contributed by atoms with van der Waals surface area (Å²) in [6.07, 6.45) is 1.40. The molecule has 160 valence electrons. The Labute approximate surface area is 185 Å². The van der Waals surface area contributed by atoms with Crippen LogP contribution in [0.15, 0.2) is 76.1 Å². The van der Waals surface area contributed by atoms with E-state index in [2.05, 4.69) is 5.32 Å². The van der Waals surface area contributed by atoms with Crippen molar-refractivity contribution in [3.8, 4) is 11.3 Å². The lowest BCUT2D eigenvalue weighted by Gasteiger charge is -2.12. The number of carbonyl (C=O) groups is 3. The van der Waals surface area contributed by atoms with E-state index in [1.807, 2.05) is 0 Å². The Hall–Kier alpha value is -4.18. The summed E-state index contributed by atoms with van der Waals surface area (Å²) in [7, 11) is 0. The minimum absolute atomic E-state index is 0.0738. The highest BCUT2D eigenvalue weighted by atomic mass is 32.2. The maximum absolute atomic E-state index is 12.6. The Morgan fingerprint density at radius 3 is 2.62 bits per heavy atom. The topological polar surface area (TPSA) is 123 Å². The summed E-state index contributed by atoms with van der Waals surface area (Å²) in [4.78, 5) is 48.5. The standard InChI is InChI=1S/C22H15N3O6S/c26-20(23-15-6-2-1-3-7-15)13-24-21(27)19(32-22(24)28)12-17-9-10-18(31-17)14-5-4-8-16(11-14)25(29)30/h1-12H,13H2,(H,23,26)/b19-12+. The van der Waals surface area contributed by atoms with Crippen molar-refractivity contribution in [2.24, 2.45) is 0 Å². The number of rotatable bonds is 6. The molecule has 2 heterocycles. The van der Waals surface area contributed by atoms with E-state index in [1.54, 1.807) is 54.6 Å². The number of para-hydroxylation sites is 1. The van der Waals surface area contributed by atoms with Gasteiger partial charge >= 0.3 is 0 Å². The maximum atomic E-state index is 12.6. The van der Waals surface area contributed by atoms with E-state index in [1.165, 1.54) is 18.2 Å². The van der Waals surface area contributed by atoms with Crippen molar-refractivity contribution in [3.63, 3.8) is 0 Å². The molecule has 4 rings (SSSR count). The van der Waals surface area contributed by atoms with Crippen molar-refractivity contribution in [2.45, 2.75) is 0 Å². The number of furan rings is 1. The van der Waals surface area contributed by atoms with Gasteiger partial charge in [0.05, 0.1) is 9.83 Å². The summed E-state index contributed by atoms with van der Waals surface area (Å²) in [6.45, 7) is -0.409. The fourth-order valence-electron chi connectivity index (χ4n) is 2.99. The van der Waals surface area contributed by atoms with Crippen molar-refractivity contribution in [3.05, 3.63) is 87.5 Å². The molecule has 0 radical (unpaired) electrons. The molecule has 3 amide bonds. The van der Waals surface area contributed by atoms with Gasteiger partial charge in [0.15, 0.2) is 0 Å². The van der Waals surface area contributed by atoms with Crippen molar-refractivity contribution in [1.29, 1.82) is 0 Å². The van der Waals surface area contributed by atoms with Gasteiger partial charge < -0.3 is 9.73 Å². The molecule has 1 saturated heterocycles. The van der Waals surface area contributed by atoms with E-state index in [0.717, 1.165) is 4.90 Å². The second kappa shape index (κ2) is 8.90. The molecular weight excluding hydrogens is 434 g/mol. The minimum Gasteiger partial charge on any atom is -0.457 e. The first-order valence-electron chi connectivity index (χ1n) is 9.35. The molecule has 0 aliphatic carbocycles. The molecule has 0 unspecified atom stereocenters. The first-order valence-corrected chi connectivity index (χ1v) is 10.2. The number of amides is 3. The Kier molecular flexibility index (Phi) is 5.86. The number of imide groups is 1. The second-order valence-electron chi connectivity index (χ2n) is 6.69. The Morgan fingerprint density at radius 2 is 1.88 bits per heavy atom. The Balaban J connectivity index is 1.47. The molecule has 1 aliphatic rings. The van der Waals surface area contributed by atoms with Crippen molar-refractivity contribution in [2.75, 3.05) is 11.9 Å². The third-order valence-corrected chi connectivity index (χ3v) is 5.38. The first kappa shape index (κ1) is 21.1. The number of nitrogens with one attached hydrogen (secondary N) is 1. The largest absolute Gasteiger partial charge is 0.457 e. The lowest BCUT2D eigenvalue weighted by atomic mass is 10.1. The third kappa shape index (κ3) is 4.60. The zero-order chi connectivity index (χ0) is 22.7. The number of thioether (sulfide) groups is 1. The summed E-state index contributed by atoms with van der Waals surface area (Å²) in [5, 5.41) is 13.0. The number of hydrogen-bond acceptors (Lipinski definition) is 7. The van der Waals surface area contributed by atoms with Crippen LogP contribution in [0.1, 0.15) is 5.76 Å². The number of carbonyl (C=O) groups excluding carboxylic acids is 3. The van der Waals surface area contributed by atoms with E-state index < -0.39 is 28.5 Å². The SMILES string of the molecule is O=C(CN1C(=O)S/C(=C/c2ccc(-c3cccc([N+](=O)[O-])c3)o2)C1=O)Nc1ccccc1. The average Bonchev–Trinajstić information content (AvgIpc) is 3.35. The number of hydrogen-bond donors (Lipinski definition) is 1. The molecule has 0 saturated carbocycles. The molecular formula is C22H15N3O6S. The normalized spacial score (nSPS) is 14.8. The van der Waals surface area contributed by atoms with Crippen LogP contribution in [-0.4, -0.2) is 33.4 Å². The number of anilines is 1. The van der Waals surface area contributed by atoms with Crippen LogP contribution in [0.3, 0.4) is 0 Å². The van der Waals surface area contributed by atoms with E-state index in [4.69, 9.17) is 4.42 Å². The number of benzene rings is 2. The van der Waals surface area contributed by atoms with Crippen LogP contribution in [0.2, 0.25) is 0 Å². The quantitative estimate of drug-likeness (QED) is 0.333. The van der Waals surface area contributed by atoms with Gasteiger partial charge in [0, 0.05) is 29.5 Å². The van der Waals surface area contributed by atoms with Gasteiger partial charge in [-0.15, -0.1) is 0 Å². The summed E-state index contributed by atoms with van der Waals surface area (Å²) >= 11 is 0.706. The molecule has 0 atom stereocenters. The van der Waals surface area contributed by atoms with Gasteiger partial charge in [-0.25, -0.2) is 0 Å². The van der Waals surface area contributed by atoms with Crippen molar-refractivity contribution < 1.29 is 23.7 Å². The monoisotopic (exact) mass is 449 g/mol. The zero-order valence-electron chi connectivity index (χ0n) is 16.4. The maximum Gasteiger partial charge on any atom is 0.294 e. The highest BCUT2D eigenvalue weighted by molar-refractivity contribution is 8.18. The number of nitro benzene ring substituents is 1. The Bertz CT molecular complexity index is 1250. The lowest BCUT2D eigenvalue weighted by molar-refractivity contribution is -0.384. The van der Waals surface area contributed by atoms with Crippen LogP contribution in [0, 0.1) is 10.1 Å². The number of nitrogens with zero attached hydrogens (tertiary/aromatic N) is 2. The van der Waals surface area contributed by atoms with E-state index >= 15 is 0 Å². The Morgan fingerprint density at radius 1 is 1.09 bits per heavy atom. The van der Waals surface area contributed by atoms with Gasteiger partial charge in [0.25, 0.3) is 16.8 Å². The summed E-state index contributed by atoms with van der Waals surface area (Å²) in [5.74, 6) is -0.422. The van der Waals surface area contributed by atoms with Gasteiger partial charge in [0.2, 0.25) is 5.91 Å². The minimum atomic E-state index is -0.600. The van der Waals surface area contributed by atoms with Crippen LogP contribution in [0.25, 0.3) is 17.4 Å². The smallest absolute Gasteiger partial charge is 0.294 e. The molecule has 1 fully saturated rings. The lowest BCUT2D eigenvalue weighted by Crippen LogP contribution is -2.36. The summed E-state index contributed by atoms with van der Waals surface area (Å²) in [5.41, 5.74) is 0.990. The molecule has 3 aromatic rings. The van der Waals surface area contributed by atoms with Crippen molar-refractivity contribution >= 4 is 46.3 Å². The number of non-ortho nitro benzene ring substituents is 1. The zero-order valence-corrected chi connectivity index (χ0v) is 17.2. The molecule has 1 N–H and O–H groups in total. The van der Waals surface area contributed by atoms with Crippen LogP contribution in [0.4, 0.5) is 16.2 Å². The van der Waals surface area contributed by atoms with Crippen LogP contribution in [0.5, 0.6) is 0 Å². The van der Waals surface area contributed by atoms with Gasteiger partial charge in [0.1, 0.15) is 18.1 Å². The molecule has 1 aliphatic heterocycles. The van der Waals surface area contributed by atoms with Crippen LogP contribution in [-0.2, 0) is 9.59 Å². The molecule has 9 nitrogen and oxygen atoms in total. The van der Waals surface area contributed by atoms with Gasteiger partial charge in [-0.1, -0.05) is 30.3 Å². The fourth-order valence-corrected chi connectivity index (χ4v) is 3.81. The van der Waals surface area contributed by atoms with Crippen LogP contribution < -0.4 is 5.32 Å². The molecule has 1 aromatic heterocycles. The highest BCUT2D eigenvalue weighted by Gasteiger charge is 2.36. The highest BCUT2D eigenvalue weighted by Crippen LogP contribution is 2.33. The molecule has 0 spiro atoms. The predicted molar refractivity (Wildman–Crippen MR) is 119 cm³/mol. The molecule has 0 bridgehead atoms.